The average Bonchev–Trinajstić information content (AvgIpc) is 3.48. The van der Waals surface area contributed by atoms with Gasteiger partial charge in [0, 0.05) is 16.1 Å². The standard InChI is InChI=1S/C28H22Br2N2O5S/c1-4-36-27(34)24-15(2)31-28-32(25(24)17-8-10-22(35-3)20(30)13-17)26(33)23(38-28)14-19-9-11-21(37-19)16-6-5-7-18(29)12-16/h5-14,25H,4H2,1-3H3/b23-14-/t25-/m1/s1. The van der Waals surface area contributed by atoms with Crippen LogP contribution in [0, 0.1) is 0 Å². The molecule has 5 rings (SSSR count). The summed E-state index contributed by atoms with van der Waals surface area (Å²) in [5.74, 6) is 1.35. The molecule has 2 aromatic heterocycles. The number of fused-ring (bicyclic) bond motifs is 1. The second kappa shape index (κ2) is 10.9. The molecule has 0 spiro atoms. The second-order valence-corrected chi connectivity index (χ2v) is 11.2. The molecule has 0 bridgehead atoms. The van der Waals surface area contributed by atoms with Gasteiger partial charge in [0.1, 0.15) is 17.3 Å². The largest absolute Gasteiger partial charge is 0.496 e. The molecule has 38 heavy (non-hydrogen) atoms. The lowest BCUT2D eigenvalue weighted by atomic mass is 9.96. The van der Waals surface area contributed by atoms with Gasteiger partial charge in [0.2, 0.25) is 0 Å². The molecule has 0 amide bonds. The lowest BCUT2D eigenvalue weighted by Crippen LogP contribution is -2.39. The molecule has 4 aromatic rings. The fourth-order valence-corrected chi connectivity index (χ4v) is 6.30. The average molecular weight is 658 g/mol. The van der Waals surface area contributed by atoms with E-state index in [9.17, 15) is 9.59 Å². The Kier molecular flexibility index (Phi) is 7.56. The van der Waals surface area contributed by atoms with E-state index in [0.717, 1.165) is 15.6 Å². The summed E-state index contributed by atoms with van der Waals surface area (Å²) in [7, 11) is 1.58. The van der Waals surface area contributed by atoms with Gasteiger partial charge < -0.3 is 13.9 Å². The highest BCUT2D eigenvalue weighted by Crippen LogP contribution is 2.35. The third-order valence-electron chi connectivity index (χ3n) is 6.02. The van der Waals surface area contributed by atoms with Gasteiger partial charge in [-0.3, -0.25) is 9.36 Å². The van der Waals surface area contributed by atoms with Crippen LogP contribution >= 0.6 is 43.2 Å². The van der Waals surface area contributed by atoms with Crippen molar-refractivity contribution in [1.82, 2.24) is 4.57 Å². The zero-order chi connectivity index (χ0) is 27.0. The number of hydrogen-bond acceptors (Lipinski definition) is 7. The molecule has 1 aliphatic rings. The fraction of sp³-hybridized carbons (Fsp3) is 0.179. The summed E-state index contributed by atoms with van der Waals surface area (Å²) in [5.41, 5.74) is 2.18. The van der Waals surface area contributed by atoms with E-state index in [0.29, 0.717) is 42.3 Å². The SMILES string of the molecule is CCOC(=O)C1=C(C)N=c2s/c(=C\c3ccc(-c4cccc(Br)c4)o3)c(=O)n2[C@@H]1c1ccc(OC)c(Br)c1. The number of hydrogen-bond donors (Lipinski definition) is 0. The highest BCUT2D eigenvalue weighted by atomic mass is 79.9. The van der Waals surface area contributed by atoms with Gasteiger partial charge >= 0.3 is 5.97 Å². The molecule has 0 saturated heterocycles. The normalized spacial score (nSPS) is 15.3. The minimum Gasteiger partial charge on any atom is -0.496 e. The summed E-state index contributed by atoms with van der Waals surface area (Å²) in [4.78, 5) is 32.0. The van der Waals surface area contributed by atoms with Crippen molar-refractivity contribution in [2.75, 3.05) is 13.7 Å². The van der Waals surface area contributed by atoms with Gasteiger partial charge in [0.05, 0.1) is 40.0 Å². The first kappa shape index (κ1) is 26.4. The monoisotopic (exact) mass is 656 g/mol. The number of methoxy groups -OCH3 is 1. The van der Waals surface area contributed by atoms with Gasteiger partial charge in [-0.25, -0.2) is 9.79 Å². The van der Waals surface area contributed by atoms with Gasteiger partial charge in [-0.05, 0) is 71.7 Å². The van der Waals surface area contributed by atoms with E-state index in [1.165, 1.54) is 11.3 Å². The maximum absolute atomic E-state index is 13.8. The van der Waals surface area contributed by atoms with Crippen molar-refractivity contribution in [3.63, 3.8) is 0 Å². The smallest absolute Gasteiger partial charge is 0.338 e. The van der Waals surface area contributed by atoms with E-state index in [4.69, 9.17) is 13.9 Å². The molecule has 2 aromatic carbocycles. The zero-order valence-electron chi connectivity index (χ0n) is 20.7. The Labute approximate surface area is 239 Å². The summed E-state index contributed by atoms with van der Waals surface area (Å²) >= 11 is 8.25. The molecule has 0 radical (unpaired) electrons. The lowest BCUT2D eigenvalue weighted by Gasteiger charge is -2.25. The third-order valence-corrected chi connectivity index (χ3v) is 8.11. The topological polar surface area (TPSA) is 83.0 Å². The molecule has 0 fully saturated rings. The maximum atomic E-state index is 13.8. The van der Waals surface area contributed by atoms with Crippen LogP contribution in [0.15, 0.2) is 89.0 Å². The van der Waals surface area contributed by atoms with Crippen LogP contribution in [-0.2, 0) is 9.53 Å². The Morgan fingerprint density at radius 1 is 1.18 bits per heavy atom. The Bertz CT molecular complexity index is 1770. The van der Waals surface area contributed by atoms with Crippen LogP contribution in [0.2, 0.25) is 0 Å². The first-order valence-electron chi connectivity index (χ1n) is 11.7. The summed E-state index contributed by atoms with van der Waals surface area (Å²) in [5, 5.41) is 0. The van der Waals surface area contributed by atoms with E-state index >= 15 is 0 Å². The number of allylic oxidation sites excluding steroid dienone is 1. The van der Waals surface area contributed by atoms with Crippen LogP contribution in [-0.4, -0.2) is 24.3 Å². The van der Waals surface area contributed by atoms with Crippen LogP contribution in [0.25, 0.3) is 17.4 Å². The fourth-order valence-electron chi connectivity index (χ4n) is 4.32. The van der Waals surface area contributed by atoms with Crippen molar-refractivity contribution < 1.29 is 18.7 Å². The summed E-state index contributed by atoms with van der Waals surface area (Å²) < 4.78 is 20.4. The zero-order valence-corrected chi connectivity index (χ0v) is 24.6. The van der Waals surface area contributed by atoms with Gasteiger partial charge in [-0.15, -0.1) is 0 Å². The molecule has 194 valence electrons. The number of halogens is 2. The molecular formula is C28H22Br2N2O5S. The van der Waals surface area contributed by atoms with Crippen LogP contribution in [0.1, 0.15) is 31.2 Å². The van der Waals surface area contributed by atoms with Crippen molar-refractivity contribution in [2.45, 2.75) is 19.9 Å². The predicted octanol–water partition coefficient (Wildman–Crippen LogP) is 5.59. The highest BCUT2D eigenvalue weighted by molar-refractivity contribution is 9.10. The van der Waals surface area contributed by atoms with Crippen molar-refractivity contribution in [1.29, 1.82) is 0 Å². The first-order valence-corrected chi connectivity index (χ1v) is 14.1. The van der Waals surface area contributed by atoms with Gasteiger partial charge in [-0.1, -0.05) is 45.5 Å². The highest BCUT2D eigenvalue weighted by Gasteiger charge is 2.33. The molecular weight excluding hydrogens is 636 g/mol. The molecule has 10 heteroatoms. The first-order chi connectivity index (χ1) is 18.3. The number of aromatic nitrogens is 1. The van der Waals surface area contributed by atoms with Crippen molar-refractivity contribution >= 4 is 55.2 Å². The molecule has 0 N–H and O–H groups in total. The summed E-state index contributed by atoms with van der Waals surface area (Å²) in [6, 6.07) is 16.2. The number of furan rings is 1. The summed E-state index contributed by atoms with van der Waals surface area (Å²) in [6.07, 6.45) is 1.70. The number of ether oxygens (including phenoxy) is 2. The molecule has 0 aliphatic carbocycles. The van der Waals surface area contributed by atoms with Crippen LogP contribution in [0.3, 0.4) is 0 Å². The van der Waals surface area contributed by atoms with E-state index in [-0.39, 0.29) is 12.2 Å². The van der Waals surface area contributed by atoms with Crippen LogP contribution < -0.4 is 19.6 Å². The molecule has 1 aliphatic heterocycles. The van der Waals surface area contributed by atoms with Gasteiger partial charge in [-0.2, -0.15) is 0 Å². The van der Waals surface area contributed by atoms with Gasteiger partial charge in [0.15, 0.2) is 4.80 Å². The number of nitrogens with zero attached hydrogens (tertiary/aromatic N) is 2. The molecule has 1 atom stereocenters. The predicted molar refractivity (Wildman–Crippen MR) is 153 cm³/mol. The number of thiazole rings is 1. The maximum Gasteiger partial charge on any atom is 0.338 e. The van der Waals surface area contributed by atoms with Crippen LogP contribution in [0.4, 0.5) is 0 Å². The minimum absolute atomic E-state index is 0.206. The van der Waals surface area contributed by atoms with Gasteiger partial charge in [0.25, 0.3) is 5.56 Å². The van der Waals surface area contributed by atoms with Crippen molar-refractivity contribution in [3.8, 4) is 17.1 Å². The Morgan fingerprint density at radius 3 is 2.71 bits per heavy atom. The third kappa shape index (κ3) is 4.95. The lowest BCUT2D eigenvalue weighted by molar-refractivity contribution is -0.139. The Balaban J connectivity index is 1.65. The number of rotatable bonds is 6. The van der Waals surface area contributed by atoms with E-state index < -0.39 is 12.0 Å². The Morgan fingerprint density at radius 2 is 2.00 bits per heavy atom. The molecule has 0 unspecified atom stereocenters. The van der Waals surface area contributed by atoms with E-state index in [2.05, 4.69) is 36.9 Å². The number of benzene rings is 2. The number of carbonyl (C=O) groups excluding carboxylic acids is 1. The number of esters is 1. The minimum atomic E-state index is -0.719. The quantitative estimate of drug-likeness (QED) is 0.253. The van der Waals surface area contributed by atoms with Crippen LogP contribution in [0.5, 0.6) is 5.75 Å². The van der Waals surface area contributed by atoms with Crippen molar-refractivity contribution in [3.05, 3.63) is 106 Å². The molecule has 0 saturated carbocycles. The molecule has 3 heterocycles. The molecule has 7 nitrogen and oxygen atoms in total. The van der Waals surface area contributed by atoms with Crippen molar-refractivity contribution in [2.24, 2.45) is 4.99 Å². The second-order valence-electron chi connectivity index (χ2n) is 8.41. The number of carbonyl (C=O) groups is 1. The summed E-state index contributed by atoms with van der Waals surface area (Å²) in [6.45, 7) is 3.71. The van der Waals surface area contributed by atoms with E-state index in [1.54, 1.807) is 37.7 Å². The Hall–Kier alpha value is -3.21. The van der Waals surface area contributed by atoms with E-state index in [1.807, 2.05) is 48.5 Å².